The molecule has 0 aliphatic carbocycles. The number of benzene rings is 1. The molecule has 0 saturated carbocycles. The van der Waals surface area contributed by atoms with Crippen LogP contribution in [-0.4, -0.2) is 60.4 Å². The second-order valence-corrected chi connectivity index (χ2v) is 7.68. The first-order chi connectivity index (χ1) is 15.4. The van der Waals surface area contributed by atoms with Crippen LogP contribution in [0.3, 0.4) is 0 Å². The van der Waals surface area contributed by atoms with E-state index in [4.69, 9.17) is 9.72 Å². The maximum atomic E-state index is 12.9. The molecule has 0 saturated heterocycles. The fourth-order valence-electron chi connectivity index (χ4n) is 3.56. The molecule has 0 unspecified atom stereocenters. The van der Waals surface area contributed by atoms with E-state index >= 15 is 0 Å². The Hall–Kier alpha value is -3.55. The predicted octanol–water partition coefficient (Wildman–Crippen LogP) is 2.75. The van der Waals surface area contributed by atoms with Gasteiger partial charge >= 0.3 is 0 Å². The second-order valence-electron chi connectivity index (χ2n) is 7.68. The van der Waals surface area contributed by atoms with Gasteiger partial charge < -0.3 is 19.9 Å². The number of imidazole rings is 1. The summed E-state index contributed by atoms with van der Waals surface area (Å²) in [4.78, 5) is 33.6. The summed E-state index contributed by atoms with van der Waals surface area (Å²) in [6.45, 7) is 5.29. The third-order valence-corrected chi connectivity index (χ3v) is 5.40. The number of aromatic nitrogens is 2. The maximum Gasteiger partial charge on any atom is 0.253 e. The molecule has 1 N–H and O–H groups in total. The second kappa shape index (κ2) is 10.2. The zero-order valence-corrected chi connectivity index (χ0v) is 19.4. The zero-order chi connectivity index (χ0) is 23.3. The highest BCUT2D eigenvalue weighted by Crippen LogP contribution is 2.24. The van der Waals surface area contributed by atoms with Crippen LogP contribution in [0.4, 0.5) is 5.82 Å². The average Bonchev–Trinajstić information content (AvgIpc) is 3.18. The van der Waals surface area contributed by atoms with Gasteiger partial charge in [-0.25, -0.2) is 4.98 Å². The summed E-state index contributed by atoms with van der Waals surface area (Å²) in [5, 5.41) is 2.96. The fraction of sp³-hybridized carbons (Fsp3) is 0.375. The van der Waals surface area contributed by atoms with E-state index in [0.717, 1.165) is 34.9 Å². The van der Waals surface area contributed by atoms with Crippen LogP contribution in [0.2, 0.25) is 0 Å². The minimum absolute atomic E-state index is 0.00885. The lowest BCUT2D eigenvalue weighted by atomic mass is 10.2. The summed E-state index contributed by atoms with van der Waals surface area (Å²) in [7, 11) is 5.10. The van der Waals surface area contributed by atoms with Crippen molar-refractivity contribution in [3.63, 3.8) is 0 Å². The van der Waals surface area contributed by atoms with Crippen molar-refractivity contribution in [2.75, 3.05) is 39.2 Å². The number of hydrogen-bond acceptors (Lipinski definition) is 5. The number of nitrogens with zero attached hydrogens (tertiary/aromatic N) is 4. The Kier molecular flexibility index (Phi) is 7.35. The van der Waals surface area contributed by atoms with Gasteiger partial charge in [0.15, 0.2) is 0 Å². The summed E-state index contributed by atoms with van der Waals surface area (Å²) in [5.74, 6) is 1.40. The van der Waals surface area contributed by atoms with E-state index in [9.17, 15) is 9.59 Å². The quantitative estimate of drug-likeness (QED) is 0.557. The van der Waals surface area contributed by atoms with Gasteiger partial charge in [0, 0.05) is 38.9 Å². The van der Waals surface area contributed by atoms with Crippen molar-refractivity contribution < 1.29 is 14.3 Å². The number of anilines is 1. The largest absolute Gasteiger partial charge is 0.496 e. The number of amides is 2. The molecule has 2 heterocycles. The number of rotatable bonds is 9. The van der Waals surface area contributed by atoms with Crippen LogP contribution in [0.5, 0.6) is 5.75 Å². The summed E-state index contributed by atoms with van der Waals surface area (Å²) in [5.41, 5.74) is 3.06. The van der Waals surface area contributed by atoms with Crippen LogP contribution in [-0.2, 0) is 17.8 Å². The molecular weight excluding hydrogens is 406 g/mol. The number of para-hydroxylation sites is 1. The Balaban J connectivity index is 1.90. The van der Waals surface area contributed by atoms with Crippen LogP contribution in [0, 0.1) is 0 Å². The van der Waals surface area contributed by atoms with E-state index in [-0.39, 0.29) is 18.4 Å². The van der Waals surface area contributed by atoms with E-state index in [2.05, 4.69) is 5.32 Å². The number of carbonyl (C=O) groups is 2. The summed E-state index contributed by atoms with van der Waals surface area (Å²) in [6.07, 6.45) is 2.51. The highest BCUT2D eigenvalue weighted by atomic mass is 16.5. The van der Waals surface area contributed by atoms with Crippen LogP contribution < -0.4 is 15.0 Å². The fourth-order valence-corrected chi connectivity index (χ4v) is 3.56. The summed E-state index contributed by atoms with van der Waals surface area (Å²) < 4.78 is 7.26. The molecule has 0 aliphatic rings. The van der Waals surface area contributed by atoms with E-state index in [1.54, 1.807) is 38.4 Å². The lowest BCUT2D eigenvalue weighted by Crippen LogP contribution is -2.37. The van der Waals surface area contributed by atoms with Gasteiger partial charge in [-0.2, -0.15) is 0 Å². The summed E-state index contributed by atoms with van der Waals surface area (Å²) >= 11 is 0. The Bertz CT molecular complexity index is 1110. The molecule has 32 heavy (non-hydrogen) atoms. The monoisotopic (exact) mass is 437 g/mol. The van der Waals surface area contributed by atoms with Crippen molar-refractivity contribution in [3.8, 4) is 5.75 Å². The van der Waals surface area contributed by atoms with Crippen molar-refractivity contribution >= 4 is 23.3 Å². The van der Waals surface area contributed by atoms with Gasteiger partial charge in [-0.15, -0.1) is 0 Å². The molecule has 8 heteroatoms. The standard InChI is InChI=1S/C24H31N5O3/c1-6-19-24(28(7-2)16-22(30)27(3)4)29-15-18(12-13-21(29)26-19)23(31)25-14-17-10-8-9-11-20(17)32-5/h8-13,15H,6-7,14,16H2,1-5H3,(H,25,31). The van der Waals surface area contributed by atoms with Crippen molar-refractivity contribution in [2.24, 2.45) is 0 Å². The van der Waals surface area contributed by atoms with Gasteiger partial charge in [-0.1, -0.05) is 25.1 Å². The molecule has 8 nitrogen and oxygen atoms in total. The van der Waals surface area contributed by atoms with Crippen LogP contribution in [0.15, 0.2) is 42.6 Å². The maximum absolute atomic E-state index is 12.9. The van der Waals surface area contributed by atoms with Gasteiger partial charge in [0.25, 0.3) is 5.91 Å². The molecule has 0 spiro atoms. The highest BCUT2D eigenvalue weighted by molar-refractivity contribution is 5.94. The molecule has 0 atom stereocenters. The third-order valence-electron chi connectivity index (χ3n) is 5.40. The average molecular weight is 438 g/mol. The molecule has 0 bridgehead atoms. The Morgan fingerprint density at radius 3 is 2.53 bits per heavy atom. The number of methoxy groups -OCH3 is 1. The molecule has 3 aromatic rings. The number of nitrogens with one attached hydrogen (secondary N) is 1. The first kappa shape index (κ1) is 23.1. The topological polar surface area (TPSA) is 79.2 Å². The van der Waals surface area contributed by atoms with Gasteiger partial charge in [0.05, 0.1) is 24.9 Å². The van der Waals surface area contributed by atoms with Crippen LogP contribution in [0.25, 0.3) is 5.65 Å². The molecular formula is C24H31N5O3. The van der Waals surface area contributed by atoms with E-state index in [1.165, 1.54) is 0 Å². The molecule has 2 amide bonds. The number of hydrogen-bond donors (Lipinski definition) is 1. The number of pyridine rings is 1. The molecule has 0 fully saturated rings. The van der Waals surface area contributed by atoms with Crippen molar-refractivity contribution in [1.29, 1.82) is 0 Å². The van der Waals surface area contributed by atoms with Gasteiger partial charge in [-0.05, 0) is 31.5 Å². The minimum Gasteiger partial charge on any atom is -0.496 e. The summed E-state index contributed by atoms with van der Waals surface area (Å²) in [6, 6.07) is 11.2. The number of likely N-dealkylation sites (N-methyl/N-ethyl adjacent to an activating group) is 2. The molecule has 0 aliphatic heterocycles. The van der Waals surface area contributed by atoms with Gasteiger partial charge in [0.1, 0.15) is 17.2 Å². The van der Waals surface area contributed by atoms with Crippen molar-refractivity contribution in [3.05, 3.63) is 59.4 Å². The van der Waals surface area contributed by atoms with E-state index in [1.807, 2.05) is 53.5 Å². The van der Waals surface area contributed by atoms with Gasteiger partial charge in [-0.3, -0.25) is 14.0 Å². The lowest BCUT2D eigenvalue weighted by molar-refractivity contribution is -0.127. The molecule has 3 rings (SSSR count). The normalized spacial score (nSPS) is 10.8. The number of fused-ring (bicyclic) bond motifs is 1. The SMILES string of the molecule is CCc1nc2ccc(C(=O)NCc3ccccc3OC)cn2c1N(CC)CC(=O)N(C)C. The van der Waals surface area contributed by atoms with E-state index < -0.39 is 0 Å². The highest BCUT2D eigenvalue weighted by Gasteiger charge is 2.21. The first-order valence-electron chi connectivity index (χ1n) is 10.8. The van der Waals surface area contributed by atoms with Crippen molar-refractivity contribution in [2.45, 2.75) is 26.8 Å². The van der Waals surface area contributed by atoms with Crippen LogP contribution >= 0.6 is 0 Å². The Labute approximate surface area is 188 Å². The molecule has 170 valence electrons. The van der Waals surface area contributed by atoms with Gasteiger partial charge in [0.2, 0.25) is 5.91 Å². The molecule has 0 radical (unpaired) electrons. The minimum atomic E-state index is -0.192. The first-order valence-corrected chi connectivity index (χ1v) is 10.8. The Morgan fingerprint density at radius 2 is 1.88 bits per heavy atom. The van der Waals surface area contributed by atoms with Crippen molar-refractivity contribution in [1.82, 2.24) is 19.6 Å². The predicted molar refractivity (Wildman–Crippen MR) is 125 cm³/mol. The zero-order valence-electron chi connectivity index (χ0n) is 19.4. The smallest absolute Gasteiger partial charge is 0.253 e. The molecule has 1 aromatic carbocycles. The molecule has 2 aromatic heterocycles. The lowest BCUT2D eigenvalue weighted by Gasteiger charge is -2.24. The Morgan fingerprint density at radius 1 is 1.12 bits per heavy atom. The number of ether oxygens (including phenoxy) is 1. The van der Waals surface area contributed by atoms with Crippen LogP contribution in [0.1, 0.15) is 35.5 Å². The number of aryl methyl sites for hydroxylation is 1. The third kappa shape index (κ3) is 4.85. The van der Waals surface area contributed by atoms with E-state index in [0.29, 0.717) is 18.7 Å². The number of carbonyl (C=O) groups excluding carboxylic acids is 2.